The molecule has 0 amide bonds. The van der Waals surface area contributed by atoms with Gasteiger partial charge in [-0.3, -0.25) is 0 Å². The zero-order valence-electron chi connectivity index (χ0n) is 8.28. The number of hydrogen-bond acceptors (Lipinski definition) is 3. The third-order valence-corrected chi connectivity index (χ3v) is 3.03. The lowest BCUT2D eigenvalue weighted by atomic mass is 10.2. The Bertz CT molecular complexity index is 399. The molecule has 0 heterocycles. The van der Waals surface area contributed by atoms with E-state index in [1.807, 2.05) is 0 Å². The summed E-state index contributed by atoms with van der Waals surface area (Å²) < 4.78 is 22.2. The highest BCUT2D eigenvalue weighted by molar-refractivity contribution is 7.90. The molecule has 1 aromatic rings. The third-order valence-electron chi connectivity index (χ3n) is 1.54. The maximum Gasteiger partial charge on any atom is 0.175 e. The molecule has 0 bridgehead atoms. The summed E-state index contributed by atoms with van der Waals surface area (Å²) in [5.74, 6) is 0. The fourth-order valence-corrected chi connectivity index (χ4v) is 2.21. The highest BCUT2D eigenvalue weighted by Gasteiger charge is 2.09. The van der Waals surface area contributed by atoms with E-state index in [0.717, 1.165) is 0 Å². The molecule has 0 radical (unpaired) electrons. The molecule has 0 saturated heterocycles. The fourth-order valence-electron chi connectivity index (χ4n) is 1.03. The van der Waals surface area contributed by atoms with Crippen LogP contribution in [0, 0.1) is 6.92 Å². The van der Waals surface area contributed by atoms with E-state index in [-0.39, 0.29) is 0 Å². The minimum absolute atomic E-state index is 0.340. The van der Waals surface area contributed by atoms with Gasteiger partial charge in [0.25, 0.3) is 0 Å². The Kier molecular flexibility index (Phi) is 5.56. The van der Waals surface area contributed by atoms with Crippen LogP contribution in [0.15, 0.2) is 23.1 Å². The lowest BCUT2D eigenvalue weighted by molar-refractivity contribution is 0.601. The van der Waals surface area contributed by atoms with Gasteiger partial charge in [-0.1, -0.05) is 11.6 Å². The van der Waals surface area contributed by atoms with Crippen LogP contribution in [-0.4, -0.2) is 20.9 Å². The highest BCUT2D eigenvalue weighted by Crippen LogP contribution is 2.18. The lowest BCUT2D eigenvalue weighted by Gasteiger charge is -2.02. The van der Waals surface area contributed by atoms with Crippen molar-refractivity contribution >= 4 is 34.1 Å². The van der Waals surface area contributed by atoms with Crippen molar-refractivity contribution in [3.05, 3.63) is 28.8 Å². The van der Waals surface area contributed by atoms with Gasteiger partial charge < -0.3 is 0 Å². The van der Waals surface area contributed by atoms with Crippen molar-refractivity contribution < 1.29 is 8.42 Å². The van der Waals surface area contributed by atoms with Gasteiger partial charge in [0.2, 0.25) is 0 Å². The molecule has 0 N–H and O–H groups in total. The number of benzene rings is 1. The second-order valence-electron chi connectivity index (χ2n) is 2.68. The molecule has 0 fully saturated rings. The van der Waals surface area contributed by atoms with Gasteiger partial charge in [0.1, 0.15) is 0 Å². The highest BCUT2D eigenvalue weighted by atomic mass is 35.5. The number of rotatable bonds is 1. The maximum atomic E-state index is 11.1. The van der Waals surface area contributed by atoms with Crippen molar-refractivity contribution in [3.8, 4) is 0 Å². The summed E-state index contributed by atoms with van der Waals surface area (Å²) in [4.78, 5) is 0.340. The summed E-state index contributed by atoms with van der Waals surface area (Å²) in [6.45, 7) is 1.72. The standard InChI is InChI=1S/C8H9ClO2S.CH4S/c1-6-5-7(9)3-4-8(6)12(2,10)11;1-2/h3-5H,1-2H3;2H,1H3. The van der Waals surface area contributed by atoms with Crippen LogP contribution in [0.25, 0.3) is 0 Å². The molecular weight excluding hydrogens is 240 g/mol. The molecule has 0 aromatic heterocycles. The molecule has 80 valence electrons. The zero-order chi connectivity index (χ0) is 11.4. The number of sulfone groups is 1. The molecule has 0 aliphatic carbocycles. The first-order valence-corrected chi connectivity index (χ1v) is 6.98. The summed E-state index contributed by atoms with van der Waals surface area (Å²) in [6, 6.07) is 4.73. The number of thiol groups is 1. The van der Waals surface area contributed by atoms with E-state index in [9.17, 15) is 8.42 Å². The molecule has 0 saturated carbocycles. The summed E-state index contributed by atoms with van der Waals surface area (Å²) in [5.41, 5.74) is 0.685. The van der Waals surface area contributed by atoms with Crippen molar-refractivity contribution in [2.45, 2.75) is 11.8 Å². The number of halogens is 1. The van der Waals surface area contributed by atoms with E-state index in [2.05, 4.69) is 12.6 Å². The average Bonchev–Trinajstić information content (AvgIpc) is 2.05. The van der Waals surface area contributed by atoms with Gasteiger partial charge in [0.05, 0.1) is 4.90 Å². The normalized spacial score (nSPS) is 10.4. The Balaban J connectivity index is 0.000000791. The van der Waals surface area contributed by atoms with E-state index in [1.54, 1.807) is 25.3 Å². The van der Waals surface area contributed by atoms with Crippen molar-refractivity contribution in [1.82, 2.24) is 0 Å². The second kappa shape index (κ2) is 5.63. The van der Waals surface area contributed by atoms with Crippen LogP contribution in [0.2, 0.25) is 5.02 Å². The van der Waals surface area contributed by atoms with E-state index in [0.29, 0.717) is 15.5 Å². The summed E-state index contributed by atoms with van der Waals surface area (Å²) in [5, 5.41) is 0.555. The largest absolute Gasteiger partial charge is 0.224 e. The molecule has 0 unspecified atom stereocenters. The van der Waals surface area contributed by atoms with Crippen LogP contribution in [0.3, 0.4) is 0 Å². The predicted octanol–water partition coefficient (Wildman–Crippen LogP) is 2.60. The van der Waals surface area contributed by atoms with E-state index >= 15 is 0 Å². The smallest absolute Gasteiger partial charge is 0.175 e. The quantitative estimate of drug-likeness (QED) is 0.780. The Morgan fingerprint density at radius 1 is 1.29 bits per heavy atom. The fraction of sp³-hybridized carbons (Fsp3) is 0.333. The predicted molar refractivity (Wildman–Crippen MR) is 64.2 cm³/mol. The Morgan fingerprint density at radius 3 is 2.14 bits per heavy atom. The molecule has 5 heteroatoms. The summed E-state index contributed by atoms with van der Waals surface area (Å²) in [6.07, 6.45) is 2.88. The average molecular weight is 253 g/mol. The van der Waals surface area contributed by atoms with Gasteiger partial charge in [0, 0.05) is 11.3 Å². The molecular formula is C9H13ClO2S2. The van der Waals surface area contributed by atoms with Crippen LogP contribution < -0.4 is 0 Å². The van der Waals surface area contributed by atoms with Crippen molar-refractivity contribution in [2.75, 3.05) is 12.5 Å². The van der Waals surface area contributed by atoms with Gasteiger partial charge in [0.15, 0.2) is 9.84 Å². The first-order chi connectivity index (χ1) is 6.41. The zero-order valence-corrected chi connectivity index (χ0v) is 10.7. The van der Waals surface area contributed by atoms with Crippen LogP contribution in [0.5, 0.6) is 0 Å². The molecule has 2 nitrogen and oxygen atoms in total. The molecule has 0 spiro atoms. The molecule has 0 atom stereocenters. The topological polar surface area (TPSA) is 34.1 Å². The Hall–Kier alpha value is -0.190. The monoisotopic (exact) mass is 252 g/mol. The lowest BCUT2D eigenvalue weighted by Crippen LogP contribution is -1.99. The van der Waals surface area contributed by atoms with Gasteiger partial charge in [-0.2, -0.15) is 12.6 Å². The van der Waals surface area contributed by atoms with Gasteiger partial charge in [-0.15, -0.1) is 0 Å². The van der Waals surface area contributed by atoms with Gasteiger partial charge >= 0.3 is 0 Å². The van der Waals surface area contributed by atoms with E-state index in [1.165, 1.54) is 12.3 Å². The maximum absolute atomic E-state index is 11.1. The first kappa shape index (κ1) is 13.8. The Labute approximate surface area is 95.6 Å². The van der Waals surface area contributed by atoms with Crippen LogP contribution in [0.4, 0.5) is 0 Å². The Morgan fingerprint density at radius 2 is 1.79 bits per heavy atom. The minimum Gasteiger partial charge on any atom is -0.224 e. The van der Waals surface area contributed by atoms with Crippen molar-refractivity contribution in [1.29, 1.82) is 0 Å². The summed E-state index contributed by atoms with van der Waals surface area (Å²) in [7, 11) is -3.11. The molecule has 1 rings (SSSR count). The second-order valence-corrected chi connectivity index (χ2v) is 5.10. The van der Waals surface area contributed by atoms with E-state index < -0.39 is 9.84 Å². The SMILES string of the molecule is CS.Cc1cc(Cl)ccc1S(C)(=O)=O. The van der Waals surface area contributed by atoms with Crippen LogP contribution >= 0.6 is 24.2 Å². The minimum atomic E-state index is -3.11. The third kappa shape index (κ3) is 3.90. The molecule has 14 heavy (non-hydrogen) atoms. The van der Waals surface area contributed by atoms with Crippen LogP contribution in [-0.2, 0) is 9.84 Å². The number of hydrogen-bond donors (Lipinski definition) is 1. The molecule has 0 aliphatic heterocycles. The molecule has 0 aliphatic rings. The molecule has 1 aromatic carbocycles. The first-order valence-electron chi connectivity index (χ1n) is 3.82. The van der Waals surface area contributed by atoms with Crippen molar-refractivity contribution in [3.63, 3.8) is 0 Å². The number of aryl methyl sites for hydroxylation is 1. The van der Waals surface area contributed by atoms with E-state index in [4.69, 9.17) is 11.6 Å². The van der Waals surface area contributed by atoms with Gasteiger partial charge in [-0.25, -0.2) is 8.42 Å². The van der Waals surface area contributed by atoms with Crippen LogP contribution in [0.1, 0.15) is 5.56 Å². The summed E-state index contributed by atoms with van der Waals surface area (Å²) >= 11 is 9.20. The van der Waals surface area contributed by atoms with Gasteiger partial charge in [-0.05, 0) is 36.9 Å². The van der Waals surface area contributed by atoms with Crippen molar-refractivity contribution in [2.24, 2.45) is 0 Å².